The lowest BCUT2D eigenvalue weighted by Crippen LogP contribution is -2.20. The number of benzene rings is 2. The van der Waals surface area contributed by atoms with E-state index >= 15 is 0 Å². The number of amides is 1. The summed E-state index contributed by atoms with van der Waals surface area (Å²) in [5.74, 6) is -0.147. The monoisotopic (exact) mass is 371 g/mol. The standard InChI is InChI=1S/C16H12Cl3NO3/c1-9(21)10-2-4-11(5-3-10)20-16(22)8-23-15-7-13(18)12(17)6-14(15)19/h2-7H,8H2,1H3,(H,20,22). The zero-order valence-corrected chi connectivity index (χ0v) is 14.3. The van der Waals surface area contributed by atoms with E-state index in [0.717, 1.165) is 0 Å². The number of hydrogen-bond acceptors (Lipinski definition) is 3. The molecule has 0 atom stereocenters. The molecule has 7 heteroatoms. The van der Waals surface area contributed by atoms with Gasteiger partial charge in [-0.3, -0.25) is 9.59 Å². The van der Waals surface area contributed by atoms with Crippen LogP contribution in [-0.2, 0) is 4.79 Å². The second-order valence-corrected chi connectivity index (χ2v) is 5.89. The summed E-state index contributed by atoms with van der Waals surface area (Å²) < 4.78 is 5.33. The van der Waals surface area contributed by atoms with E-state index in [0.29, 0.717) is 16.3 Å². The van der Waals surface area contributed by atoms with Crippen molar-refractivity contribution in [2.75, 3.05) is 11.9 Å². The van der Waals surface area contributed by atoms with Gasteiger partial charge in [0.2, 0.25) is 0 Å². The van der Waals surface area contributed by atoms with Gasteiger partial charge in [0, 0.05) is 17.3 Å². The van der Waals surface area contributed by atoms with E-state index in [4.69, 9.17) is 39.5 Å². The van der Waals surface area contributed by atoms with E-state index < -0.39 is 0 Å². The first-order valence-corrected chi connectivity index (χ1v) is 7.68. The summed E-state index contributed by atoms with van der Waals surface area (Å²) in [5, 5.41) is 3.50. The van der Waals surface area contributed by atoms with Gasteiger partial charge in [0.25, 0.3) is 5.91 Å². The number of nitrogens with one attached hydrogen (secondary N) is 1. The molecule has 0 radical (unpaired) electrons. The highest BCUT2D eigenvalue weighted by molar-refractivity contribution is 6.43. The van der Waals surface area contributed by atoms with Crippen molar-refractivity contribution in [1.29, 1.82) is 0 Å². The average molecular weight is 373 g/mol. The van der Waals surface area contributed by atoms with Gasteiger partial charge >= 0.3 is 0 Å². The Morgan fingerprint density at radius 2 is 1.61 bits per heavy atom. The third kappa shape index (κ3) is 4.86. The molecule has 120 valence electrons. The first kappa shape index (κ1) is 17.6. The van der Waals surface area contributed by atoms with Crippen LogP contribution in [0.4, 0.5) is 5.69 Å². The molecule has 1 amide bonds. The van der Waals surface area contributed by atoms with Crippen molar-refractivity contribution < 1.29 is 14.3 Å². The zero-order valence-electron chi connectivity index (χ0n) is 12.0. The van der Waals surface area contributed by atoms with Crippen LogP contribution >= 0.6 is 34.8 Å². The average Bonchev–Trinajstić information content (AvgIpc) is 2.50. The molecule has 0 fully saturated rings. The summed E-state index contributed by atoms with van der Waals surface area (Å²) in [5.41, 5.74) is 1.13. The summed E-state index contributed by atoms with van der Waals surface area (Å²) in [6.07, 6.45) is 0. The van der Waals surface area contributed by atoms with Gasteiger partial charge in [0.15, 0.2) is 12.4 Å². The van der Waals surface area contributed by atoms with Gasteiger partial charge < -0.3 is 10.1 Å². The Labute approximate surface area is 148 Å². The lowest BCUT2D eigenvalue weighted by Gasteiger charge is -2.10. The molecule has 0 aromatic heterocycles. The van der Waals surface area contributed by atoms with Gasteiger partial charge in [-0.05, 0) is 37.3 Å². The Hall–Kier alpha value is -1.75. The van der Waals surface area contributed by atoms with Gasteiger partial charge in [0.1, 0.15) is 5.75 Å². The molecule has 0 saturated carbocycles. The van der Waals surface area contributed by atoms with Crippen LogP contribution in [0.2, 0.25) is 15.1 Å². The molecule has 0 heterocycles. The Bertz CT molecular complexity index is 745. The van der Waals surface area contributed by atoms with E-state index in [1.807, 2.05) is 0 Å². The van der Waals surface area contributed by atoms with E-state index in [1.54, 1.807) is 24.3 Å². The van der Waals surface area contributed by atoms with Crippen LogP contribution in [0.15, 0.2) is 36.4 Å². The number of carbonyl (C=O) groups excluding carboxylic acids is 2. The molecule has 4 nitrogen and oxygen atoms in total. The predicted molar refractivity (Wildman–Crippen MR) is 92.0 cm³/mol. The second kappa shape index (κ2) is 7.68. The fourth-order valence-corrected chi connectivity index (χ4v) is 2.33. The maximum Gasteiger partial charge on any atom is 0.262 e. The summed E-state index contributed by atoms with van der Waals surface area (Å²) >= 11 is 17.6. The number of ketones is 1. The zero-order chi connectivity index (χ0) is 17.0. The normalized spacial score (nSPS) is 10.3. The van der Waals surface area contributed by atoms with Crippen LogP contribution < -0.4 is 10.1 Å². The molecule has 23 heavy (non-hydrogen) atoms. The molecule has 1 N–H and O–H groups in total. The molecule has 0 bridgehead atoms. The summed E-state index contributed by atoms with van der Waals surface area (Å²) in [6, 6.07) is 9.44. The second-order valence-electron chi connectivity index (χ2n) is 4.67. The highest BCUT2D eigenvalue weighted by Gasteiger charge is 2.10. The summed E-state index contributed by atoms with van der Waals surface area (Å²) in [4.78, 5) is 23.0. The van der Waals surface area contributed by atoms with Gasteiger partial charge in [-0.2, -0.15) is 0 Å². The van der Waals surface area contributed by atoms with Crippen molar-refractivity contribution in [3.63, 3.8) is 0 Å². The molecular weight excluding hydrogens is 361 g/mol. The minimum absolute atomic E-state index is 0.0412. The first-order valence-electron chi connectivity index (χ1n) is 6.55. The van der Waals surface area contributed by atoms with Crippen LogP contribution in [0.25, 0.3) is 0 Å². The van der Waals surface area contributed by atoms with E-state index in [1.165, 1.54) is 19.1 Å². The van der Waals surface area contributed by atoms with Crippen molar-refractivity contribution in [3.05, 3.63) is 57.0 Å². The molecule has 0 aliphatic heterocycles. The highest BCUT2D eigenvalue weighted by Crippen LogP contribution is 2.33. The number of anilines is 1. The van der Waals surface area contributed by atoms with Crippen LogP contribution in [0.1, 0.15) is 17.3 Å². The predicted octanol–water partition coefficient (Wildman–Crippen LogP) is 4.87. The smallest absolute Gasteiger partial charge is 0.262 e. The SMILES string of the molecule is CC(=O)c1ccc(NC(=O)COc2cc(Cl)c(Cl)cc2Cl)cc1. The van der Waals surface area contributed by atoms with Crippen molar-refractivity contribution in [2.24, 2.45) is 0 Å². The van der Waals surface area contributed by atoms with Gasteiger partial charge in [-0.1, -0.05) is 34.8 Å². The van der Waals surface area contributed by atoms with Crippen molar-refractivity contribution >= 4 is 52.2 Å². The molecule has 0 unspecified atom stereocenters. The Morgan fingerprint density at radius 1 is 1.00 bits per heavy atom. The number of hydrogen-bond donors (Lipinski definition) is 1. The quantitative estimate of drug-likeness (QED) is 0.602. The van der Waals surface area contributed by atoms with Crippen LogP contribution in [-0.4, -0.2) is 18.3 Å². The van der Waals surface area contributed by atoms with E-state index in [9.17, 15) is 9.59 Å². The molecule has 0 saturated heterocycles. The fourth-order valence-electron chi connectivity index (χ4n) is 1.74. The van der Waals surface area contributed by atoms with E-state index in [-0.39, 0.29) is 34.1 Å². The Balaban J connectivity index is 1.95. The molecule has 0 spiro atoms. The molecule has 0 aliphatic rings. The van der Waals surface area contributed by atoms with Gasteiger partial charge in [0.05, 0.1) is 15.1 Å². The third-order valence-electron chi connectivity index (χ3n) is 2.91. The van der Waals surface area contributed by atoms with Crippen molar-refractivity contribution in [2.45, 2.75) is 6.92 Å². The molecule has 2 rings (SSSR count). The lowest BCUT2D eigenvalue weighted by molar-refractivity contribution is -0.118. The number of carbonyl (C=O) groups is 2. The summed E-state index contributed by atoms with van der Waals surface area (Å²) in [6.45, 7) is 1.23. The fraction of sp³-hybridized carbons (Fsp3) is 0.125. The number of rotatable bonds is 5. The maximum absolute atomic E-state index is 11.9. The summed E-state index contributed by atoms with van der Waals surface area (Å²) in [7, 11) is 0. The maximum atomic E-state index is 11.9. The highest BCUT2D eigenvalue weighted by atomic mass is 35.5. The number of ether oxygens (including phenoxy) is 1. The minimum atomic E-state index is -0.372. The molecule has 0 aliphatic carbocycles. The minimum Gasteiger partial charge on any atom is -0.482 e. The molecule has 2 aromatic carbocycles. The number of Topliss-reactive ketones (excluding diaryl/α,β-unsaturated/α-hetero) is 1. The topological polar surface area (TPSA) is 55.4 Å². The van der Waals surface area contributed by atoms with Crippen LogP contribution in [0, 0.1) is 0 Å². The molecular formula is C16H12Cl3NO3. The Kier molecular flexibility index (Phi) is 5.88. The van der Waals surface area contributed by atoms with Crippen molar-refractivity contribution in [3.8, 4) is 5.75 Å². The largest absolute Gasteiger partial charge is 0.482 e. The van der Waals surface area contributed by atoms with Gasteiger partial charge in [-0.25, -0.2) is 0 Å². The molecule has 2 aromatic rings. The van der Waals surface area contributed by atoms with Crippen LogP contribution in [0.3, 0.4) is 0 Å². The van der Waals surface area contributed by atoms with Gasteiger partial charge in [-0.15, -0.1) is 0 Å². The van der Waals surface area contributed by atoms with E-state index in [2.05, 4.69) is 5.32 Å². The third-order valence-corrected chi connectivity index (χ3v) is 3.93. The van der Waals surface area contributed by atoms with Crippen LogP contribution in [0.5, 0.6) is 5.75 Å². The Morgan fingerprint density at radius 3 is 2.22 bits per heavy atom. The number of halogens is 3. The first-order chi connectivity index (χ1) is 10.9. The lowest BCUT2D eigenvalue weighted by atomic mass is 10.1. The van der Waals surface area contributed by atoms with Crippen molar-refractivity contribution in [1.82, 2.24) is 0 Å².